The summed E-state index contributed by atoms with van der Waals surface area (Å²) in [4.78, 5) is 27.0. The van der Waals surface area contributed by atoms with E-state index in [9.17, 15) is 19.8 Å². The first-order valence-electron chi connectivity index (χ1n) is 9.19. The van der Waals surface area contributed by atoms with Gasteiger partial charge < -0.3 is 19.8 Å². The highest BCUT2D eigenvalue weighted by Crippen LogP contribution is 2.40. The van der Waals surface area contributed by atoms with Gasteiger partial charge in [-0.25, -0.2) is 0 Å². The highest BCUT2D eigenvalue weighted by atomic mass is 16.5. The predicted molar refractivity (Wildman–Crippen MR) is 105 cm³/mol. The monoisotopic (exact) mass is 381 g/mol. The number of nitrogens with zero attached hydrogens (tertiary/aromatic N) is 1. The van der Waals surface area contributed by atoms with Crippen LogP contribution in [0.2, 0.25) is 0 Å². The molecule has 1 amide bonds. The Morgan fingerprint density at radius 2 is 1.89 bits per heavy atom. The largest absolute Gasteiger partial charge is 0.508 e. The highest BCUT2D eigenvalue weighted by molar-refractivity contribution is 6.46. The van der Waals surface area contributed by atoms with E-state index in [1.165, 1.54) is 24.1 Å². The standard InChI is InChI=1S/C22H23NO5/c1-3-4-11-23-19(14-7-5-9-16(24)12-14)18(21(26)22(23)27)20(25)15-8-6-10-17(13-15)28-2/h5-10,12-13,19,24-25H,3-4,11H2,1-2H3/b20-18-. The summed E-state index contributed by atoms with van der Waals surface area (Å²) in [6, 6.07) is 12.3. The number of carbonyl (C=O) groups excluding carboxylic acids is 2. The third-order valence-electron chi connectivity index (χ3n) is 4.82. The second kappa shape index (κ2) is 8.17. The van der Waals surface area contributed by atoms with Gasteiger partial charge in [-0.2, -0.15) is 0 Å². The van der Waals surface area contributed by atoms with Crippen LogP contribution in [0.5, 0.6) is 11.5 Å². The minimum Gasteiger partial charge on any atom is -0.508 e. The van der Waals surface area contributed by atoms with Crippen LogP contribution in [-0.4, -0.2) is 40.5 Å². The van der Waals surface area contributed by atoms with Crippen molar-refractivity contribution in [2.24, 2.45) is 0 Å². The van der Waals surface area contributed by atoms with Gasteiger partial charge in [0.25, 0.3) is 11.7 Å². The van der Waals surface area contributed by atoms with Crippen molar-refractivity contribution in [2.45, 2.75) is 25.8 Å². The molecule has 3 rings (SSSR count). The number of benzene rings is 2. The number of amides is 1. The molecule has 146 valence electrons. The lowest BCUT2D eigenvalue weighted by molar-refractivity contribution is -0.139. The molecule has 0 bridgehead atoms. The number of aliphatic hydroxyl groups excluding tert-OH is 1. The van der Waals surface area contributed by atoms with Crippen molar-refractivity contribution < 1.29 is 24.5 Å². The summed E-state index contributed by atoms with van der Waals surface area (Å²) < 4.78 is 5.19. The molecule has 2 aromatic carbocycles. The minimum atomic E-state index is -0.759. The maximum absolute atomic E-state index is 12.8. The van der Waals surface area contributed by atoms with Crippen molar-refractivity contribution in [3.63, 3.8) is 0 Å². The first-order valence-corrected chi connectivity index (χ1v) is 9.19. The number of unbranched alkanes of at least 4 members (excludes halogenated alkanes) is 1. The number of hydrogen-bond acceptors (Lipinski definition) is 5. The quantitative estimate of drug-likeness (QED) is 0.453. The third kappa shape index (κ3) is 3.58. The van der Waals surface area contributed by atoms with Gasteiger partial charge in [-0.05, 0) is 36.2 Å². The van der Waals surface area contributed by atoms with Crippen molar-refractivity contribution in [1.29, 1.82) is 0 Å². The molecule has 0 saturated carbocycles. The van der Waals surface area contributed by atoms with Crippen molar-refractivity contribution in [2.75, 3.05) is 13.7 Å². The van der Waals surface area contributed by atoms with Crippen molar-refractivity contribution >= 4 is 17.4 Å². The van der Waals surface area contributed by atoms with E-state index in [4.69, 9.17) is 4.74 Å². The summed E-state index contributed by atoms with van der Waals surface area (Å²) >= 11 is 0. The molecule has 1 heterocycles. The number of phenolic OH excluding ortho intramolecular Hbond substituents is 1. The summed E-state index contributed by atoms with van der Waals surface area (Å²) in [7, 11) is 1.51. The molecule has 0 aromatic heterocycles. The molecule has 0 radical (unpaired) electrons. The zero-order valence-electron chi connectivity index (χ0n) is 15.9. The van der Waals surface area contributed by atoms with Crippen LogP contribution >= 0.6 is 0 Å². The van der Waals surface area contributed by atoms with Crippen LogP contribution in [0.25, 0.3) is 5.76 Å². The smallest absolute Gasteiger partial charge is 0.295 e. The molecule has 1 fully saturated rings. The van der Waals surface area contributed by atoms with E-state index < -0.39 is 17.7 Å². The molecule has 1 aliphatic heterocycles. The molecule has 6 heteroatoms. The average Bonchev–Trinajstić information content (AvgIpc) is 2.96. The number of likely N-dealkylation sites (tertiary alicyclic amines) is 1. The third-order valence-corrected chi connectivity index (χ3v) is 4.82. The number of hydrogen-bond donors (Lipinski definition) is 2. The van der Waals surface area contributed by atoms with Crippen LogP contribution in [0.1, 0.15) is 36.9 Å². The lowest BCUT2D eigenvalue weighted by atomic mass is 9.95. The molecule has 1 unspecified atom stereocenters. The van der Waals surface area contributed by atoms with E-state index in [0.29, 0.717) is 23.4 Å². The Balaban J connectivity index is 2.17. The maximum Gasteiger partial charge on any atom is 0.295 e. The van der Waals surface area contributed by atoms with Crippen LogP contribution in [0.4, 0.5) is 0 Å². The van der Waals surface area contributed by atoms with Gasteiger partial charge in [-0.1, -0.05) is 37.6 Å². The molecule has 1 aliphatic rings. The Bertz CT molecular complexity index is 934. The Labute approximate surface area is 163 Å². The van der Waals surface area contributed by atoms with Crippen LogP contribution in [0.3, 0.4) is 0 Å². The van der Waals surface area contributed by atoms with Gasteiger partial charge in [0, 0.05) is 12.1 Å². The summed E-state index contributed by atoms with van der Waals surface area (Å²) in [5.41, 5.74) is 0.970. The number of aliphatic hydroxyl groups is 1. The topological polar surface area (TPSA) is 87.1 Å². The number of ketones is 1. The minimum absolute atomic E-state index is 0.0138. The van der Waals surface area contributed by atoms with E-state index in [1.54, 1.807) is 36.4 Å². The van der Waals surface area contributed by atoms with Crippen molar-refractivity contribution in [3.8, 4) is 11.5 Å². The number of rotatable bonds is 6. The summed E-state index contributed by atoms with van der Waals surface area (Å²) in [5.74, 6) is -1.08. The maximum atomic E-state index is 12.8. The van der Waals surface area contributed by atoms with Gasteiger partial charge in [0.05, 0.1) is 18.7 Å². The molecule has 0 spiro atoms. The number of ether oxygens (including phenoxy) is 1. The fourth-order valence-corrected chi connectivity index (χ4v) is 3.41. The van der Waals surface area contributed by atoms with Gasteiger partial charge >= 0.3 is 0 Å². The molecular weight excluding hydrogens is 358 g/mol. The lowest BCUT2D eigenvalue weighted by Crippen LogP contribution is -2.30. The first kappa shape index (κ1) is 19.5. The van der Waals surface area contributed by atoms with Crippen LogP contribution in [-0.2, 0) is 9.59 Å². The summed E-state index contributed by atoms with van der Waals surface area (Å²) in [6.07, 6.45) is 1.58. The molecule has 6 nitrogen and oxygen atoms in total. The molecule has 28 heavy (non-hydrogen) atoms. The normalized spacial score (nSPS) is 18.5. The lowest BCUT2D eigenvalue weighted by Gasteiger charge is -2.25. The van der Waals surface area contributed by atoms with Gasteiger partial charge in [0.1, 0.15) is 17.3 Å². The van der Waals surface area contributed by atoms with Gasteiger partial charge in [0.15, 0.2) is 0 Å². The van der Waals surface area contributed by atoms with E-state index >= 15 is 0 Å². The van der Waals surface area contributed by atoms with Crippen molar-refractivity contribution in [1.82, 2.24) is 4.90 Å². The number of aromatic hydroxyl groups is 1. The Hall–Kier alpha value is -3.28. The summed E-state index contributed by atoms with van der Waals surface area (Å²) in [5, 5.41) is 20.8. The zero-order valence-corrected chi connectivity index (χ0v) is 15.9. The van der Waals surface area contributed by atoms with E-state index in [1.807, 2.05) is 6.92 Å². The Morgan fingerprint density at radius 1 is 1.14 bits per heavy atom. The fraction of sp³-hybridized carbons (Fsp3) is 0.273. The van der Waals surface area contributed by atoms with E-state index in [2.05, 4.69) is 0 Å². The van der Waals surface area contributed by atoms with E-state index in [0.717, 1.165) is 12.8 Å². The number of phenols is 1. The second-order valence-corrected chi connectivity index (χ2v) is 6.67. The molecule has 2 aromatic rings. The number of Topliss-reactive ketones (excluding diaryl/α,β-unsaturated/α-hetero) is 1. The van der Waals surface area contributed by atoms with Gasteiger partial charge in [-0.15, -0.1) is 0 Å². The van der Waals surface area contributed by atoms with Gasteiger partial charge in [0.2, 0.25) is 0 Å². The molecular formula is C22H23NO5. The average molecular weight is 381 g/mol. The molecule has 2 N–H and O–H groups in total. The zero-order chi connectivity index (χ0) is 20.3. The first-order chi connectivity index (χ1) is 13.5. The van der Waals surface area contributed by atoms with E-state index in [-0.39, 0.29) is 17.1 Å². The predicted octanol–water partition coefficient (Wildman–Crippen LogP) is 3.62. The number of carbonyl (C=O) groups is 2. The Morgan fingerprint density at radius 3 is 2.57 bits per heavy atom. The fourth-order valence-electron chi connectivity index (χ4n) is 3.41. The Kier molecular flexibility index (Phi) is 5.68. The summed E-state index contributed by atoms with van der Waals surface area (Å²) in [6.45, 7) is 2.38. The molecule has 1 atom stereocenters. The van der Waals surface area contributed by atoms with Crippen LogP contribution in [0.15, 0.2) is 54.1 Å². The molecule has 0 aliphatic carbocycles. The second-order valence-electron chi connectivity index (χ2n) is 6.67. The van der Waals surface area contributed by atoms with Crippen molar-refractivity contribution in [3.05, 3.63) is 65.2 Å². The van der Waals surface area contributed by atoms with Crippen LogP contribution < -0.4 is 4.74 Å². The number of methoxy groups -OCH3 is 1. The van der Waals surface area contributed by atoms with Gasteiger partial charge in [-0.3, -0.25) is 9.59 Å². The highest BCUT2D eigenvalue weighted by Gasteiger charge is 2.45. The molecule has 1 saturated heterocycles. The van der Waals surface area contributed by atoms with Crippen LogP contribution in [0, 0.1) is 0 Å². The SMILES string of the molecule is CCCCN1C(=O)C(=O)/C(=C(\O)c2cccc(OC)c2)C1c1cccc(O)c1.